The number of benzene rings is 1. The van der Waals surface area contributed by atoms with Crippen LogP contribution in [0.5, 0.6) is 0 Å². The van der Waals surface area contributed by atoms with E-state index in [0.717, 1.165) is 25.8 Å². The number of nitro groups is 1. The van der Waals surface area contributed by atoms with Gasteiger partial charge in [0, 0.05) is 25.2 Å². The summed E-state index contributed by atoms with van der Waals surface area (Å²) in [6.45, 7) is 1.90. The predicted octanol–water partition coefficient (Wildman–Crippen LogP) is 2.17. The third kappa shape index (κ3) is 3.72. The van der Waals surface area contributed by atoms with Crippen molar-refractivity contribution in [2.24, 2.45) is 5.92 Å². The number of halogens is 1. The lowest BCUT2D eigenvalue weighted by Crippen LogP contribution is -2.43. The number of sulfonamides is 1. The molecule has 0 radical (unpaired) electrons. The quantitative estimate of drug-likeness (QED) is 0.643. The van der Waals surface area contributed by atoms with Crippen LogP contribution in [0.25, 0.3) is 0 Å². The summed E-state index contributed by atoms with van der Waals surface area (Å²) in [6, 6.07) is 6.05. The molecule has 2 aliphatic rings. The van der Waals surface area contributed by atoms with Gasteiger partial charge in [-0.15, -0.1) is 12.4 Å². The SMILES string of the molecule is Cl.O=[N+]([O-])c1ccccc1S(=O)(=O)N1CCC(C2CCCN2)CC1. The maximum absolute atomic E-state index is 12.7. The van der Waals surface area contributed by atoms with Crippen molar-refractivity contribution in [1.82, 2.24) is 9.62 Å². The van der Waals surface area contributed by atoms with Crippen molar-refractivity contribution in [3.8, 4) is 0 Å². The Morgan fingerprint density at radius 2 is 1.83 bits per heavy atom. The van der Waals surface area contributed by atoms with Crippen LogP contribution < -0.4 is 5.32 Å². The normalized spacial score (nSPS) is 22.9. The Bertz CT molecular complexity index is 684. The lowest BCUT2D eigenvalue weighted by atomic mass is 9.89. The molecule has 9 heteroatoms. The fourth-order valence-corrected chi connectivity index (χ4v) is 5.22. The van der Waals surface area contributed by atoms with Gasteiger partial charge in [-0.1, -0.05) is 12.1 Å². The minimum Gasteiger partial charge on any atom is -0.314 e. The van der Waals surface area contributed by atoms with E-state index in [4.69, 9.17) is 0 Å². The van der Waals surface area contributed by atoms with Crippen LogP contribution in [-0.2, 0) is 10.0 Å². The van der Waals surface area contributed by atoms with E-state index in [1.807, 2.05) is 0 Å². The highest BCUT2D eigenvalue weighted by atomic mass is 35.5. The van der Waals surface area contributed by atoms with Gasteiger partial charge in [0.05, 0.1) is 4.92 Å². The van der Waals surface area contributed by atoms with Crippen LogP contribution in [0.3, 0.4) is 0 Å². The molecule has 2 saturated heterocycles. The van der Waals surface area contributed by atoms with Crippen molar-refractivity contribution in [2.75, 3.05) is 19.6 Å². The third-order valence-corrected chi connectivity index (χ3v) is 6.79. The molecule has 134 valence electrons. The van der Waals surface area contributed by atoms with Gasteiger partial charge in [0.2, 0.25) is 10.0 Å². The second-order valence-electron chi connectivity index (χ2n) is 6.17. The molecule has 0 aliphatic carbocycles. The van der Waals surface area contributed by atoms with Crippen LogP contribution in [0.1, 0.15) is 25.7 Å². The molecule has 0 amide bonds. The van der Waals surface area contributed by atoms with E-state index in [2.05, 4.69) is 5.32 Å². The first-order valence-electron chi connectivity index (χ1n) is 7.97. The number of nitrogens with zero attached hydrogens (tertiary/aromatic N) is 2. The minimum atomic E-state index is -3.81. The van der Waals surface area contributed by atoms with Crippen LogP contribution in [0, 0.1) is 16.0 Å². The van der Waals surface area contributed by atoms with Crippen molar-refractivity contribution in [3.63, 3.8) is 0 Å². The van der Waals surface area contributed by atoms with Crippen LogP contribution in [0.4, 0.5) is 5.69 Å². The summed E-state index contributed by atoms with van der Waals surface area (Å²) in [5, 5.41) is 14.6. The van der Waals surface area contributed by atoms with Crippen molar-refractivity contribution in [1.29, 1.82) is 0 Å². The summed E-state index contributed by atoms with van der Waals surface area (Å²) in [5.74, 6) is 0.495. The summed E-state index contributed by atoms with van der Waals surface area (Å²) in [7, 11) is -3.81. The van der Waals surface area contributed by atoms with Gasteiger partial charge < -0.3 is 5.32 Å². The Morgan fingerprint density at radius 3 is 2.42 bits per heavy atom. The zero-order valence-corrected chi connectivity index (χ0v) is 14.9. The fraction of sp³-hybridized carbons (Fsp3) is 0.600. The van der Waals surface area contributed by atoms with Gasteiger partial charge in [-0.3, -0.25) is 10.1 Å². The summed E-state index contributed by atoms with van der Waals surface area (Å²) in [4.78, 5) is 10.2. The Morgan fingerprint density at radius 1 is 1.17 bits per heavy atom. The largest absolute Gasteiger partial charge is 0.314 e. The van der Waals surface area contributed by atoms with Crippen LogP contribution >= 0.6 is 12.4 Å². The van der Waals surface area contributed by atoms with Gasteiger partial charge in [-0.05, 0) is 44.2 Å². The number of nitro benzene ring substituents is 1. The first kappa shape index (κ1) is 19.1. The molecule has 2 heterocycles. The van der Waals surface area contributed by atoms with E-state index in [0.29, 0.717) is 25.0 Å². The van der Waals surface area contributed by atoms with Crippen molar-refractivity contribution < 1.29 is 13.3 Å². The number of rotatable bonds is 4. The zero-order chi connectivity index (χ0) is 16.4. The Balaban J connectivity index is 0.00000208. The second kappa shape index (κ2) is 7.77. The molecular formula is C15H22ClN3O4S. The number of para-hydroxylation sites is 1. The first-order valence-corrected chi connectivity index (χ1v) is 9.41. The summed E-state index contributed by atoms with van der Waals surface area (Å²) < 4.78 is 26.9. The van der Waals surface area contributed by atoms with Gasteiger partial charge in [0.25, 0.3) is 5.69 Å². The zero-order valence-electron chi connectivity index (χ0n) is 13.3. The number of piperidine rings is 1. The molecule has 1 aromatic rings. The average molecular weight is 376 g/mol. The molecule has 24 heavy (non-hydrogen) atoms. The van der Waals surface area contributed by atoms with Gasteiger partial charge in [0.15, 0.2) is 4.90 Å². The standard InChI is InChI=1S/C15H21N3O4S.ClH/c19-18(20)14-5-1-2-6-15(14)23(21,22)17-10-7-12(8-11-17)13-4-3-9-16-13;/h1-2,5-6,12-13,16H,3-4,7-11H2;1H. The summed E-state index contributed by atoms with van der Waals surface area (Å²) in [6.07, 6.45) is 3.94. The molecule has 0 aromatic heterocycles. The van der Waals surface area contributed by atoms with Crippen molar-refractivity contribution in [3.05, 3.63) is 34.4 Å². The molecule has 0 saturated carbocycles. The third-order valence-electron chi connectivity index (χ3n) is 4.85. The minimum absolute atomic E-state index is 0. The van der Waals surface area contributed by atoms with Gasteiger partial charge in [-0.2, -0.15) is 4.31 Å². The predicted molar refractivity (Wildman–Crippen MR) is 92.9 cm³/mol. The maximum atomic E-state index is 12.7. The molecule has 1 N–H and O–H groups in total. The lowest BCUT2D eigenvalue weighted by Gasteiger charge is -2.34. The van der Waals surface area contributed by atoms with Gasteiger partial charge in [-0.25, -0.2) is 8.42 Å². The maximum Gasteiger partial charge on any atom is 0.289 e. The van der Waals surface area contributed by atoms with E-state index >= 15 is 0 Å². The summed E-state index contributed by atoms with van der Waals surface area (Å²) in [5.41, 5.74) is -0.355. The van der Waals surface area contributed by atoms with Gasteiger partial charge in [0.1, 0.15) is 0 Å². The van der Waals surface area contributed by atoms with Crippen LogP contribution in [-0.4, -0.2) is 43.3 Å². The number of hydrogen-bond donors (Lipinski definition) is 1. The first-order chi connectivity index (χ1) is 11.0. The monoisotopic (exact) mass is 375 g/mol. The van der Waals surface area contributed by atoms with E-state index in [1.54, 1.807) is 0 Å². The second-order valence-corrected chi connectivity index (χ2v) is 8.08. The fourth-order valence-electron chi connectivity index (χ4n) is 3.60. The topological polar surface area (TPSA) is 92.5 Å². The van der Waals surface area contributed by atoms with E-state index in [1.165, 1.54) is 35.0 Å². The molecule has 0 spiro atoms. The average Bonchev–Trinajstić information content (AvgIpc) is 3.09. The molecule has 1 atom stereocenters. The highest BCUT2D eigenvalue weighted by molar-refractivity contribution is 7.89. The van der Waals surface area contributed by atoms with Crippen molar-refractivity contribution >= 4 is 28.1 Å². The van der Waals surface area contributed by atoms with Crippen molar-refractivity contribution in [2.45, 2.75) is 36.6 Å². The Kier molecular flexibility index (Phi) is 6.19. The molecule has 2 aliphatic heterocycles. The molecule has 1 aromatic carbocycles. The van der Waals surface area contributed by atoms with Crippen LogP contribution in [0.15, 0.2) is 29.2 Å². The van der Waals surface area contributed by atoms with E-state index < -0.39 is 14.9 Å². The van der Waals surface area contributed by atoms with E-state index in [-0.39, 0.29) is 23.0 Å². The molecule has 1 unspecified atom stereocenters. The molecular weight excluding hydrogens is 354 g/mol. The Hall–Kier alpha value is -1.22. The highest BCUT2D eigenvalue weighted by Crippen LogP contribution is 2.31. The number of hydrogen-bond acceptors (Lipinski definition) is 5. The molecule has 0 bridgehead atoms. The summed E-state index contributed by atoms with van der Waals surface area (Å²) >= 11 is 0. The number of nitrogens with one attached hydrogen (secondary N) is 1. The Labute approximate surface area is 148 Å². The van der Waals surface area contributed by atoms with Gasteiger partial charge >= 0.3 is 0 Å². The lowest BCUT2D eigenvalue weighted by molar-refractivity contribution is -0.387. The molecule has 3 rings (SSSR count). The highest BCUT2D eigenvalue weighted by Gasteiger charge is 2.36. The van der Waals surface area contributed by atoms with E-state index in [9.17, 15) is 18.5 Å². The molecule has 2 fully saturated rings. The molecule has 7 nitrogen and oxygen atoms in total. The smallest absolute Gasteiger partial charge is 0.289 e. The van der Waals surface area contributed by atoms with Crippen LogP contribution in [0.2, 0.25) is 0 Å².